The van der Waals surface area contributed by atoms with Crippen LogP contribution in [0.25, 0.3) is 11.1 Å². The molecule has 6 nitrogen and oxygen atoms in total. The quantitative estimate of drug-likeness (QED) is 0.619. The summed E-state index contributed by atoms with van der Waals surface area (Å²) in [7, 11) is 0. The number of benzene rings is 2. The lowest BCUT2D eigenvalue weighted by molar-refractivity contribution is -0.139. The van der Waals surface area contributed by atoms with Crippen LogP contribution < -0.4 is 5.32 Å². The van der Waals surface area contributed by atoms with Gasteiger partial charge in [-0.15, -0.1) is 11.3 Å². The van der Waals surface area contributed by atoms with Gasteiger partial charge in [-0.2, -0.15) is 0 Å². The van der Waals surface area contributed by atoms with Gasteiger partial charge >= 0.3 is 12.1 Å². The molecule has 2 aromatic carbocycles. The predicted octanol–water partition coefficient (Wildman–Crippen LogP) is 4.29. The number of carboxylic acid groups (broad SMARTS) is 1. The molecule has 3 aromatic rings. The summed E-state index contributed by atoms with van der Waals surface area (Å²) < 4.78 is 5.46. The number of carboxylic acids is 1. The van der Waals surface area contributed by atoms with Gasteiger partial charge in [-0.3, -0.25) is 0 Å². The van der Waals surface area contributed by atoms with Gasteiger partial charge in [0.1, 0.15) is 12.6 Å². The van der Waals surface area contributed by atoms with Gasteiger partial charge in [-0.05, 0) is 36.1 Å². The number of carbonyl (C=O) groups excluding carboxylic acids is 1. The number of carbonyl (C=O) groups is 2. The highest BCUT2D eigenvalue weighted by molar-refractivity contribution is 7.11. The molecular weight excluding hydrogens is 400 g/mol. The molecule has 1 amide bonds. The lowest BCUT2D eigenvalue weighted by Gasteiger charge is -2.17. The van der Waals surface area contributed by atoms with Gasteiger partial charge in [0.25, 0.3) is 0 Å². The molecule has 1 unspecified atom stereocenters. The number of alkyl carbamates (subject to hydrolysis) is 1. The topological polar surface area (TPSA) is 88.5 Å². The second kappa shape index (κ2) is 8.28. The maximum Gasteiger partial charge on any atom is 0.407 e. The first-order chi connectivity index (χ1) is 14.4. The Balaban J connectivity index is 1.44. The normalized spacial score (nSPS) is 13.4. The van der Waals surface area contributed by atoms with Crippen LogP contribution in [0.1, 0.15) is 32.6 Å². The van der Waals surface area contributed by atoms with E-state index in [4.69, 9.17) is 4.74 Å². The van der Waals surface area contributed by atoms with Crippen molar-refractivity contribution in [3.63, 3.8) is 0 Å². The van der Waals surface area contributed by atoms with Gasteiger partial charge in [-0.1, -0.05) is 48.5 Å². The van der Waals surface area contributed by atoms with E-state index in [2.05, 4.69) is 22.4 Å². The number of aryl methyl sites for hydroxylation is 2. The van der Waals surface area contributed by atoms with Gasteiger partial charge in [0.15, 0.2) is 0 Å². The van der Waals surface area contributed by atoms with Gasteiger partial charge in [0.2, 0.25) is 0 Å². The fraction of sp³-hybridized carbons (Fsp3) is 0.261. The van der Waals surface area contributed by atoms with Crippen molar-refractivity contribution in [3.8, 4) is 11.1 Å². The molecule has 0 bridgehead atoms. The van der Waals surface area contributed by atoms with Gasteiger partial charge in [0, 0.05) is 17.2 Å². The first-order valence-electron chi connectivity index (χ1n) is 9.71. The molecule has 154 valence electrons. The second-order valence-corrected chi connectivity index (χ2v) is 8.71. The monoisotopic (exact) mass is 422 g/mol. The Morgan fingerprint density at radius 3 is 2.23 bits per heavy atom. The number of hydrogen-bond donors (Lipinski definition) is 2. The van der Waals surface area contributed by atoms with Crippen LogP contribution in [0.5, 0.6) is 0 Å². The molecule has 4 rings (SSSR count). The number of amides is 1. The molecule has 1 heterocycles. The summed E-state index contributed by atoms with van der Waals surface area (Å²) in [5.74, 6) is -1.19. The number of fused-ring (bicyclic) bond motifs is 3. The van der Waals surface area contributed by atoms with E-state index in [0.717, 1.165) is 32.1 Å². The van der Waals surface area contributed by atoms with E-state index < -0.39 is 18.1 Å². The molecule has 1 aliphatic carbocycles. The van der Waals surface area contributed by atoms with Crippen LogP contribution in [0, 0.1) is 13.8 Å². The van der Waals surface area contributed by atoms with Crippen molar-refractivity contribution in [1.82, 2.24) is 10.3 Å². The third kappa shape index (κ3) is 3.93. The molecule has 0 spiro atoms. The molecule has 0 saturated heterocycles. The lowest BCUT2D eigenvalue weighted by Crippen LogP contribution is -2.43. The largest absolute Gasteiger partial charge is 0.480 e. The van der Waals surface area contributed by atoms with Crippen molar-refractivity contribution in [2.75, 3.05) is 6.61 Å². The molecule has 1 aromatic heterocycles. The molecule has 1 aliphatic rings. The van der Waals surface area contributed by atoms with E-state index >= 15 is 0 Å². The maximum absolute atomic E-state index is 12.4. The Bertz CT molecular complexity index is 1060. The molecule has 30 heavy (non-hydrogen) atoms. The van der Waals surface area contributed by atoms with Crippen molar-refractivity contribution in [3.05, 3.63) is 75.2 Å². The molecule has 2 N–H and O–H groups in total. The van der Waals surface area contributed by atoms with Crippen LogP contribution in [0.2, 0.25) is 0 Å². The van der Waals surface area contributed by atoms with Crippen molar-refractivity contribution >= 4 is 23.4 Å². The fourth-order valence-electron chi connectivity index (χ4n) is 3.94. The highest BCUT2D eigenvalue weighted by Gasteiger charge is 2.30. The van der Waals surface area contributed by atoms with E-state index in [1.54, 1.807) is 0 Å². The van der Waals surface area contributed by atoms with Crippen molar-refractivity contribution in [2.45, 2.75) is 32.2 Å². The number of nitrogens with one attached hydrogen (secondary N) is 1. The minimum absolute atomic E-state index is 0.0742. The summed E-state index contributed by atoms with van der Waals surface area (Å²) in [6.45, 7) is 3.91. The average molecular weight is 423 g/mol. The number of thiazole rings is 1. The zero-order chi connectivity index (χ0) is 21.3. The number of ether oxygens (including phenoxy) is 1. The van der Waals surface area contributed by atoms with Crippen LogP contribution in [0.15, 0.2) is 48.5 Å². The zero-order valence-corrected chi connectivity index (χ0v) is 17.5. The minimum atomic E-state index is -1.12. The molecule has 0 saturated carbocycles. The maximum atomic E-state index is 12.4. The second-order valence-electron chi connectivity index (χ2n) is 7.30. The van der Waals surface area contributed by atoms with Crippen LogP contribution in [-0.4, -0.2) is 34.8 Å². The van der Waals surface area contributed by atoms with Crippen molar-refractivity contribution < 1.29 is 19.4 Å². The van der Waals surface area contributed by atoms with E-state index in [0.29, 0.717) is 5.69 Å². The molecule has 0 fully saturated rings. The van der Waals surface area contributed by atoms with E-state index in [1.165, 1.54) is 11.3 Å². The molecular formula is C23H22N2O4S. The SMILES string of the molecule is Cc1nc(CC(NC(=O)OCC2c3ccccc3-c3ccccc32)C(=O)O)c(C)s1. The summed E-state index contributed by atoms with van der Waals surface area (Å²) >= 11 is 1.51. The zero-order valence-electron chi connectivity index (χ0n) is 16.7. The standard InChI is InChI=1S/C23H22N2O4S/c1-13-20(24-14(2)30-13)11-21(22(26)27)25-23(28)29-12-19-17-9-5-3-7-15(17)16-8-4-6-10-18(16)19/h3-10,19,21H,11-12H2,1-2H3,(H,25,28)(H,26,27). The Hall–Kier alpha value is -3.19. The highest BCUT2D eigenvalue weighted by Crippen LogP contribution is 2.44. The molecule has 1 atom stereocenters. The summed E-state index contributed by atoms with van der Waals surface area (Å²) in [6.07, 6.45) is -0.621. The highest BCUT2D eigenvalue weighted by atomic mass is 32.1. The van der Waals surface area contributed by atoms with E-state index in [1.807, 2.05) is 50.2 Å². The van der Waals surface area contributed by atoms with Crippen molar-refractivity contribution in [1.29, 1.82) is 0 Å². The first-order valence-corrected chi connectivity index (χ1v) is 10.5. The van der Waals surface area contributed by atoms with Gasteiger partial charge in [0.05, 0.1) is 10.7 Å². The Labute approximate surface area is 178 Å². The van der Waals surface area contributed by atoms with Crippen LogP contribution in [0.3, 0.4) is 0 Å². The van der Waals surface area contributed by atoms with E-state index in [9.17, 15) is 14.7 Å². The van der Waals surface area contributed by atoms with Gasteiger partial charge < -0.3 is 15.2 Å². The number of nitrogens with zero attached hydrogens (tertiary/aromatic N) is 1. The van der Waals surface area contributed by atoms with Gasteiger partial charge in [-0.25, -0.2) is 14.6 Å². The van der Waals surface area contributed by atoms with E-state index in [-0.39, 0.29) is 18.9 Å². The molecule has 0 aliphatic heterocycles. The number of aliphatic carboxylic acids is 1. The summed E-state index contributed by atoms with van der Waals surface area (Å²) in [5.41, 5.74) is 5.17. The Kier molecular flexibility index (Phi) is 5.55. The summed E-state index contributed by atoms with van der Waals surface area (Å²) in [4.78, 5) is 29.4. The minimum Gasteiger partial charge on any atom is -0.480 e. The number of rotatable bonds is 6. The molecule has 0 radical (unpaired) electrons. The smallest absolute Gasteiger partial charge is 0.407 e. The third-order valence-electron chi connectivity index (χ3n) is 5.33. The fourth-order valence-corrected chi connectivity index (χ4v) is 4.78. The average Bonchev–Trinajstić information content (AvgIpc) is 3.22. The van der Waals surface area contributed by atoms with Crippen LogP contribution >= 0.6 is 11.3 Å². The lowest BCUT2D eigenvalue weighted by atomic mass is 9.98. The first kappa shape index (κ1) is 20.1. The third-order valence-corrected chi connectivity index (χ3v) is 6.26. The van der Waals surface area contributed by atoms with Crippen molar-refractivity contribution in [2.24, 2.45) is 0 Å². The summed E-state index contributed by atoms with van der Waals surface area (Å²) in [5, 5.41) is 12.9. The number of hydrogen-bond acceptors (Lipinski definition) is 5. The summed E-state index contributed by atoms with van der Waals surface area (Å²) in [6, 6.07) is 15.0. The van der Waals surface area contributed by atoms with Crippen LogP contribution in [0.4, 0.5) is 4.79 Å². The number of aromatic nitrogens is 1. The Morgan fingerprint density at radius 2 is 1.70 bits per heavy atom. The van der Waals surface area contributed by atoms with Crippen LogP contribution in [-0.2, 0) is 16.0 Å². The Morgan fingerprint density at radius 1 is 1.10 bits per heavy atom. The predicted molar refractivity (Wildman–Crippen MR) is 115 cm³/mol. The molecule has 7 heteroatoms.